The molecule has 1 saturated carbocycles. The lowest BCUT2D eigenvalue weighted by molar-refractivity contribution is -0.00678. The number of methoxy groups -OCH3 is 1. The molecular formula is C30H33N3O3. The third-order valence-corrected chi connectivity index (χ3v) is 7.99. The van der Waals surface area contributed by atoms with E-state index in [1.165, 1.54) is 0 Å². The SMILES string of the molecule is COc1cncc2c1[C@]1(C)[C@H](O)[C@H](CNC(C)(C)C)[C@@H](c3ccccc3)[C@]1(c1ccc(C#N)cc1)O2. The molecule has 2 aliphatic rings. The number of aromatic nitrogens is 1. The minimum Gasteiger partial charge on any atom is -0.495 e. The van der Waals surface area contributed by atoms with Crippen molar-refractivity contribution in [1.82, 2.24) is 10.3 Å². The molecule has 36 heavy (non-hydrogen) atoms. The molecule has 186 valence electrons. The molecule has 1 aliphatic heterocycles. The van der Waals surface area contributed by atoms with Crippen molar-refractivity contribution in [2.45, 2.75) is 56.3 Å². The Hall–Kier alpha value is -3.40. The van der Waals surface area contributed by atoms with Gasteiger partial charge in [0.1, 0.15) is 11.5 Å². The summed E-state index contributed by atoms with van der Waals surface area (Å²) in [7, 11) is 1.62. The lowest BCUT2D eigenvalue weighted by Crippen LogP contribution is -2.50. The maximum absolute atomic E-state index is 12.3. The number of nitrogens with one attached hydrogen (secondary N) is 1. The van der Waals surface area contributed by atoms with Crippen molar-refractivity contribution in [2.24, 2.45) is 5.92 Å². The minimum absolute atomic E-state index is 0.123. The topological polar surface area (TPSA) is 87.4 Å². The smallest absolute Gasteiger partial charge is 0.153 e. The summed E-state index contributed by atoms with van der Waals surface area (Å²) in [6.07, 6.45) is 2.64. The summed E-state index contributed by atoms with van der Waals surface area (Å²) in [5.74, 6) is 0.848. The Bertz CT molecular complexity index is 1300. The van der Waals surface area contributed by atoms with Gasteiger partial charge < -0.3 is 19.9 Å². The average molecular weight is 484 g/mol. The summed E-state index contributed by atoms with van der Waals surface area (Å²) in [5.41, 5.74) is 1.48. The predicted octanol–water partition coefficient (Wildman–Crippen LogP) is 4.67. The largest absolute Gasteiger partial charge is 0.495 e. The first kappa shape index (κ1) is 24.3. The van der Waals surface area contributed by atoms with Crippen LogP contribution >= 0.6 is 0 Å². The molecule has 5 atom stereocenters. The van der Waals surface area contributed by atoms with Crippen LogP contribution in [0.25, 0.3) is 0 Å². The maximum atomic E-state index is 12.3. The number of aliphatic hydroxyl groups excluding tert-OH is 1. The molecule has 0 radical (unpaired) electrons. The zero-order valence-electron chi connectivity index (χ0n) is 21.4. The van der Waals surface area contributed by atoms with Gasteiger partial charge in [0.25, 0.3) is 0 Å². The Balaban J connectivity index is 1.81. The van der Waals surface area contributed by atoms with Gasteiger partial charge in [0.05, 0.1) is 48.2 Å². The predicted molar refractivity (Wildman–Crippen MR) is 138 cm³/mol. The fourth-order valence-corrected chi connectivity index (χ4v) is 6.42. The molecule has 1 fully saturated rings. The van der Waals surface area contributed by atoms with Crippen LogP contribution in [0.3, 0.4) is 0 Å². The summed E-state index contributed by atoms with van der Waals surface area (Å²) in [6.45, 7) is 9.07. The molecule has 3 aromatic rings. The highest BCUT2D eigenvalue weighted by atomic mass is 16.5. The molecule has 6 heteroatoms. The zero-order chi connectivity index (χ0) is 25.7. The number of benzene rings is 2. The quantitative estimate of drug-likeness (QED) is 0.548. The summed E-state index contributed by atoms with van der Waals surface area (Å²) in [4.78, 5) is 4.36. The van der Waals surface area contributed by atoms with E-state index in [0.29, 0.717) is 23.6 Å². The molecular weight excluding hydrogens is 450 g/mol. The molecule has 0 amide bonds. The molecule has 2 heterocycles. The van der Waals surface area contributed by atoms with Crippen LogP contribution in [0, 0.1) is 17.2 Å². The molecule has 2 aromatic carbocycles. The number of fused-ring (bicyclic) bond motifs is 3. The van der Waals surface area contributed by atoms with Gasteiger partial charge in [-0.3, -0.25) is 4.98 Å². The molecule has 5 rings (SSSR count). The van der Waals surface area contributed by atoms with Crippen LogP contribution < -0.4 is 14.8 Å². The number of nitrogens with zero attached hydrogens (tertiary/aromatic N) is 2. The van der Waals surface area contributed by atoms with Crippen molar-refractivity contribution in [2.75, 3.05) is 13.7 Å². The number of hydrogen-bond acceptors (Lipinski definition) is 6. The van der Waals surface area contributed by atoms with Crippen LogP contribution in [-0.4, -0.2) is 35.4 Å². The van der Waals surface area contributed by atoms with Gasteiger partial charge in [-0.15, -0.1) is 0 Å². The van der Waals surface area contributed by atoms with Crippen molar-refractivity contribution < 1.29 is 14.6 Å². The Morgan fingerprint density at radius 3 is 2.42 bits per heavy atom. The Morgan fingerprint density at radius 2 is 1.81 bits per heavy atom. The first-order chi connectivity index (χ1) is 17.2. The third kappa shape index (κ3) is 3.42. The van der Waals surface area contributed by atoms with Gasteiger partial charge in [-0.05, 0) is 51.0 Å². The highest BCUT2D eigenvalue weighted by Crippen LogP contribution is 2.70. The summed E-state index contributed by atoms with van der Waals surface area (Å²) in [5, 5.41) is 25.4. The second-order valence-electron chi connectivity index (χ2n) is 11.1. The van der Waals surface area contributed by atoms with Gasteiger partial charge in [0.15, 0.2) is 5.60 Å². The summed E-state index contributed by atoms with van der Waals surface area (Å²) in [6, 6.07) is 20.1. The monoisotopic (exact) mass is 483 g/mol. The fraction of sp³-hybridized carbons (Fsp3) is 0.400. The Kier molecular flexibility index (Phi) is 5.82. The second-order valence-corrected chi connectivity index (χ2v) is 11.1. The van der Waals surface area contributed by atoms with E-state index in [0.717, 1.165) is 16.7 Å². The van der Waals surface area contributed by atoms with E-state index in [9.17, 15) is 10.4 Å². The lowest BCUT2D eigenvalue weighted by Gasteiger charge is -2.42. The van der Waals surface area contributed by atoms with Crippen LogP contribution in [0.4, 0.5) is 0 Å². The second kappa shape index (κ2) is 8.62. The minimum atomic E-state index is -0.954. The molecule has 0 spiro atoms. The van der Waals surface area contributed by atoms with Crippen molar-refractivity contribution in [1.29, 1.82) is 5.26 Å². The highest BCUT2D eigenvalue weighted by molar-refractivity contribution is 5.60. The molecule has 0 unspecified atom stereocenters. The van der Waals surface area contributed by atoms with Gasteiger partial charge in [0.2, 0.25) is 0 Å². The van der Waals surface area contributed by atoms with Crippen LogP contribution in [0.5, 0.6) is 11.5 Å². The Morgan fingerprint density at radius 1 is 1.11 bits per heavy atom. The molecule has 2 N–H and O–H groups in total. The van der Waals surface area contributed by atoms with Gasteiger partial charge >= 0.3 is 0 Å². The normalized spacial score (nSPS) is 28.6. The van der Waals surface area contributed by atoms with Crippen molar-refractivity contribution in [3.8, 4) is 17.6 Å². The van der Waals surface area contributed by atoms with E-state index in [4.69, 9.17) is 9.47 Å². The average Bonchev–Trinajstić information content (AvgIpc) is 3.25. The van der Waals surface area contributed by atoms with Crippen molar-refractivity contribution in [3.05, 3.63) is 89.2 Å². The van der Waals surface area contributed by atoms with Gasteiger partial charge in [-0.1, -0.05) is 42.5 Å². The number of ether oxygens (including phenoxy) is 2. The molecule has 0 bridgehead atoms. The molecule has 0 saturated heterocycles. The van der Waals surface area contributed by atoms with E-state index < -0.39 is 17.1 Å². The Labute approximate surface area is 212 Å². The van der Waals surface area contributed by atoms with Crippen LogP contribution in [-0.2, 0) is 11.0 Å². The van der Waals surface area contributed by atoms with E-state index >= 15 is 0 Å². The number of nitriles is 1. The zero-order valence-corrected chi connectivity index (χ0v) is 21.4. The fourth-order valence-electron chi connectivity index (χ4n) is 6.42. The maximum Gasteiger partial charge on any atom is 0.153 e. The molecule has 1 aromatic heterocycles. The van der Waals surface area contributed by atoms with E-state index in [-0.39, 0.29) is 17.4 Å². The first-order valence-electron chi connectivity index (χ1n) is 12.4. The standard InChI is InChI=1S/C30H33N3O3/c1-28(2,3)33-16-22-25(20-9-7-6-8-10-20)30(21-13-11-19(15-31)12-14-21)29(4,27(22)34)26-23(35-5)17-32-18-24(26)36-30/h6-14,17-18,22,25,27,33-34H,16H2,1-5H3/t22-,25-,27-,29-,30+/m1/s1. The summed E-state index contributed by atoms with van der Waals surface area (Å²) < 4.78 is 12.8. The van der Waals surface area contributed by atoms with E-state index in [1.807, 2.05) is 42.5 Å². The van der Waals surface area contributed by atoms with Gasteiger partial charge in [0, 0.05) is 23.9 Å². The lowest BCUT2D eigenvalue weighted by atomic mass is 9.64. The third-order valence-electron chi connectivity index (χ3n) is 7.99. The van der Waals surface area contributed by atoms with E-state index in [2.05, 4.69) is 56.2 Å². The van der Waals surface area contributed by atoms with Crippen molar-refractivity contribution >= 4 is 0 Å². The molecule has 1 aliphatic carbocycles. The van der Waals surface area contributed by atoms with E-state index in [1.54, 1.807) is 19.5 Å². The number of rotatable bonds is 5. The highest BCUT2D eigenvalue weighted by Gasteiger charge is 2.74. The van der Waals surface area contributed by atoms with Gasteiger partial charge in [-0.25, -0.2) is 0 Å². The first-order valence-corrected chi connectivity index (χ1v) is 12.4. The van der Waals surface area contributed by atoms with Crippen LogP contribution in [0.2, 0.25) is 0 Å². The number of aliphatic hydroxyl groups is 1. The number of hydrogen-bond donors (Lipinski definition) is 2. The van der Waals surface area contributed by atoms with Crippen LogP contribution in [0.1, 0.15) is 55.9 Å². The molecule has 6 nitrogen and oxygen atoms in total. The van der Waals surface area contributed by atoms with Crippen molar-refractivity contribution in [3.63, 3.8) is 0 Å². The summed E-state index contributed by atoms with van der Waals surface area (Å²) >= 11 is 0. The van der Waals surface area contributed by atoms with Gasteiger partial charge in [-0.2, -0.15) is 5.26 Å². The van der Waals surface area contributed by atoms with Crippen LogP contribution in [0.15, 0.2) is 67.0 Å². The number of pyridine rings is 1.